The zero-order chi connectivity index (χ0) is 15.3. The zero-order valence-corrected chi connectivity index (χ0v) is 13.0. The smallest absolute Gasteiger partial charge is 0.324 e. The Morgan fingerprint density at radius 3 is 2.70 bits per heavy atom. The first-order valence-electron chi connectivity index (χ1n) is 5.68. The molecule has 0 unspecified atom stereocenters. The molecule has 1 rings (SSSR count). The van der Waals surface area contributed by atoms with E-state index in [1.54, 1.807) is 0 Å². The van der Waals surface area contributed by atoms with Crippen molar-refractivity contribution in [2.75, 3.05) is 17.3 Å². The number of anilines is 1. The number of hydrogen-bond donors (Lipinski definition) is 2. The second-order valence-corrected chi connectivity index (χ2v) is 5.97. The van der Waals surface area contributed by atoms with Crippen LogP contribution < -0.4 is 11.1 Å². The van der Waals surface area contributed by atoms with E-state index in [0.29, 0.717) is 12.2 Å². The summed E-state index contributed by atoms with van der Waals surface area (Å²) in [5.41, 5.74) is 4.43. The van der Waals surface area contributed by atoms with Crippen molar-refractivity contribution in [3.63, 3.8) is 0 Å². The molecule has 20 heavy (non-hydrogen) atoms. The molecule has 1 amide bonds. The van der Waals surface area contributed by atoms with Crippen LogP contribution in [0.2, 0.25) is 0 Å². The number of amides is 1. The number of benzene rings is 1. The van der Waals surface area contributed by atoms with E-state index in [0.717, 1.165) is 6.07 Å². The summed E-state index contributed by atoms with van der Waals surface area (Å²) in [4.78, 5) is 11.8. The van der Waals surface area contributed by atoms with Gasteiger partial charge in [-0.15, -0.1) is 0 Å². The first kappa shape index (κ1) is 17.3. The minimum atomic E-state index is -4.55. The number of rotatable bonds is 5. The molecule has 0 fully saturated rings. The van der Waals surface area contributed by atoms with Crippen LogP contribution in [0.5, 0.6) is 0 Å². The molecule has 3 nitrogen and oxygen atoms in total. The Morgan fingerprint density at radius 1 is 1.50 bits per heavy atom. The minimum Gasteiger partial charge on any atom is -0.324 e. The van der Waals surface area contributed by atoms with Crippen molar-refractivity contribution < 1.29 is 18.0 Å². The van der Waals surface area contributed by atoms with Crippen LogP contribution in [-0.2, 0) is 11.0 Å². The Balaban J connectivity index is 2.90. The van der Waals surface area contributed by atoms with Crippen LogP contribution in [0.1, 0.15) is 12.0 Å². The Morgan fingerprint density at radius 2 is 2.15 bits per heavy atom. The van der Waals surface area contributed by atoms with Gasteiger partial charge in [-0.05, 0) is 36.6 Å². The molecule has 8 heteroatoms. The van der Waals surface area contributed by atoms with Gasteiger partial charge in [0.2, 0.25) is 5.91 Å². The third-order valence-corrected chi connectivity index (χ3v) is 3.65. The van der Waals surface area contributed by atoms with Crippen molar-refractivity contribution in [2.45, 2.75) is 18.6 Å². The molecule has 0 radical (unpaired) electrons. The first-order valence-corrected chi connectivity index (χ1v) is 7.86. The van der Waals surface area contributed by atoms with Crippen molar-refractivity contribution in [3.8, 4) is 0 Å². The predicted octanol–water partition coefficient (Wildman–Crippen LogP) is 3.49. The molecule has 1 aromatic rings. The lowest BCUT2D eigenvalue weighted by molar-refractivity contribution is -0.137. The molecule has 0 spiro atoms. The summed E-state index contributed by atoms with van der Waals surface area (Å²) in [5, 5.41) is 2.24. The highest BCUT2D eigenvalue weighted by Crippen LogP contribution is 2.36. The minimum absolute atomic E-state index is 0.287. The van der Waals surface area contributed by atoms with Crippen LogP contribution in [0, 0.1) is 0 Å². The molecule has 0 bridgehead atoms. The van der Waals surface area contributed by atoms with Crippen molar-refractivity contribution in [3.05, 3.63) is 28.2 Å². The van der Waals surface area contributed by atoms with E-state index in [-0.39, 0.29) is 10.2 Å². The van der Waals surface area contributed by atoms with E-state index < -0.39 is 23.7 Å². The van der Waals surface area contributed by atoms with E-state index in [1.165, 1.54) is 23.9 Å². The number of thioether (sulfide) groups is 1. The summed E-state index contributed by atoms with van der Waals surface area (Å²) in [6.45, 7) is 0. The largest absolute Gasteiger partial charge is 0.418 e. The van der Waals surface area contributed by atoms with E-state index in [9.17, 15) is 18.0 Å². The number of carbonyl (C=O) groups excluding carboxylic acids is 1. The third-order valence-electron chi connectivity index (χ3n) is 2.51. The van der Waals surface area contributed by atoms with E-state index in [1.807, 2.05) is 6.26 Å². The van der Waals surface area contributed by atoms with E-state index in [4.69, 9.17) is 5.73 Å². The standard InChI is InChI=1S/C12H14BrF3N2OS/c1-20-5-4-9(17)11(19)18-10-3-2-7(13)6-8(10)12(14,15)16/h2-3,6,9H,4-5,17H2,1H3,(H,18,19)/t9-/m1/s1. The molecule has 0 aliphatic heterocycles. The van der Waals surface area contributed by atoms with Crippen LogP contribution in [0.3, 0.4) is 0 Å². The summed E-state index contributed by atoms with van der Waals surface area (Å²) in [5.74, 6) is 0.0491. The lowest BCUT2D eigenvalue weighted by Gasteiger charge is -2.16. The van der Waals surface area contributed by atoms with Crippen molar-refractivity contribution in [1.29, 1.82) is 0 Å². The third kappa shape index (κ3) is 4.99. The molecule has 1 atom stereocenters. The summed E-state index contributed by atoms with van der Waals surface area (Å²) in [6, 6.07) is 2.72. The van der Waals surface area contributed by atoms with Crippen LogP contribution >= 0.6 is 27.7 Å². The highest BCUT2D eigenvalue weighted by atomic mass is 79.9. The molecule has 0 aliphatic rings. The lowest BCUT2D eigenvalue weighted by atomic mass is 10.1. The van der Waals surface area contributed by atoms with E-state index >= 15 is 0 Å². The maximum atomic E-state index is 12.9. The quantitative estimate of drug-likeness (QED) is 0.833. The topological polar surface area (TPSA) is 55.1 Å². The van der Waals surface area contributed by atoms with Gasteiger partial charge in [0.05, 0.1) is 17.3 Å². The summed E-state index contributed by atoms with van der Waals surface area (Å²) < 4.78 is 38.9. The number of hydrogen-bond acceptors (Lipinski definition) is 3. The lowest BCUT2D eigenvalue weighted by Crippen LogP contribution is -2.36. The fourth-order valence-corrected chi connectivity index (χ4v) is 2.31. The van der Waals surface area contributed by atoms with Gasteiger partial charge in [-0.25, -0.2) is 0 Å². The normalized spacial score (nSPS) is 13.1. The van der Waals surface area contributed by atoms with Gasteiger partial charge in [0, 0.05) is 4.47 Å². The van der Waals surface area contributed by atoms with Crippen molar-refractivity contribution in [1.82, 2.24) is 0 Å². The Labute approximate surface area is 127 Å². The molecule has 0 aliphatic carbocycles. The second kappa shape index (κ2) is 7.33. The predicted molar refractivity (Wildman–Crippen MR) is 78.7 cm³/mol. The fraction of sp³-hybridized carbons (Fsp3) is 0.417. The number of carbonyl (C=O) groups is 1. The average molecular weight is 371 g/mol. The van der Waals surface area contributed by atoms with Gasteiger partial charge in [-0.1, -0.05) is 15.9 Å². The Hall–Kier alpha value is -0.730. The monoisotopic (exact) mass is 370 g/mol. The first-order chi connectivity index (χ1) is 9.25. The molecule has 112 valence electrons. The van der Waals surface area contributed by atoms with Gasteiger partial charge in [0.15, 0.2) is 0 Å². The second-order valence-electron chi connectivity index (χ2n) is 4.06. The molecule has 3 N–H and O–H groups in total. The van der Waals surface area contributed by atoms with Crippen molar-refractivity contribution >= 4 is 39.3 Å². The van der Waals surface area contributed by atoms with Gasteiger partial charge in [-0.3, -0.25) is 4.79 Å². The number of halogens is 4. The maximum absolute atomic E-state index is 12.9. The fourth-order valence-electron chi connectivity index (χ4n) is 1.46. The van der Waals surface area contributed by atoms with Crippen LogP contribution in [0.4, 0.5) is 18.9 Å². The highest BCUT2D eigenvalue weighted by Gasteiger charge is 2.34. The Kier molecular flexibility index (Phi) is 6.35. The summed E-state index contributed by atoms with van der Waals surface area (Å²) in [6.07, 6.45) is -2.28. The van der Waals surface area contributed by atoms with Gasteiger partial charge in [-0.2, -0.15) is 24.9 Å². The van der Waals surface area contributed by atoms with Crippen LogP contribution in [0.25, 0.3) is 0 Å². The molecule has 1 aromatic carbocycles. The number of alkyl halides is 3. The number of nitrogens with one attached hydrogen (secondary N) is 1. The Bertz CT molecular complexity index is 482. The average Bonchev–Trinajstić information content (AvgIpc) is 2.36. The number of nitrogens with two attached hydrogens (primary N) is 1. The zero-order valence-electron chi connectivity index (χ0n) is 10.6. The van der Waals surface area contributed by atoms with Gasteiger partial charge >= 0.3 is 6.18 Å². The molecule has 0 saturated heterocycles. The van der Waals surface area contributed by atoms with Gasteiger partial charge in [0.1, 0.15) is 0 Å². The molecular formula is C12H14BrF3N2OS. The highest BCUT2D eigenvalue weighted by molar-refractivity contribution is 9.10. The molecule has 0 aromatic heterocycles. The summed E-state index contributed by atoms with van der Waals surface area (Å²) >= 11 is 4.49. The molecule has 0 saturated carbocycles. The maximum Gasteiger partial charge on any atom is 0.418 e. The van der Waals surface area contributed by atoms with E-state index in [2.05, 4.69) is 21.2 Å². The van der Waals surface area contributed by atoms with Gasteiger partial charge < -0.3 is 11.1 Å². The van der Waals surface area contributed by atoms with Crippen LogP contribution in [0.15, 0.2) is 22.7 Å². The SMILES string of the molecule is CSCC[C@@H](N)C(=O)Nc1ccc(Br)cc1C(F)(F)F. The van der Waals surface area contributed by atoms with Crippen LogP contribution in [-0.4, -0.2) is 24.0 Å². The summed E-state index contributed by atoms with van der Waals surface area (Å²) in [7, 11) is 0. The molecule has 0 heterocycles. The molecular weight excluding hydrogens is 357 g/mol. The van der Waals surface area contributed by atoms with Crippen molar-refractivity contribution in [2.24, 2.45) is 5.73 Å². The van der Waals surface area contributed by atoms with Gasteiger partial charge in [0.25, 0.3) is 0 Å².